The molecule has 1 aromatic heterocycles. The highest BCUT2D eigenvalue weighted by atomic mass is 79.9. The molecular formula is C16H18BrN3O. The summed E-state index contributed by atoms with van der Waals surface area (Å²) in [5, 5.41) is 0.882. The summed E-state index contributed by atoms with van der Waals surface area (Å²) >= 11 is 3.47. The topological polar surface area (TPSA) is 38.1 Å². The minimum atomic E-state index is 0.220. The number of aromatic nitrogens is 2. The quantitative estimate of drug-likeness (QED) is 0.797. The summed E-state index contributed by atoms with van der Waals surface area (Å²) in [4.78, 5) is 18.1. The molecule has 0 spiro atoms. The maximum Gasteiger partial charge on any atom is 0.227 e. The zero-order valence-electron chi connectivity index (χ0n) is 12.0. The van der Waals surface area contributed by atoms with Crippen LogP contribution in [0.4, 0.5) is 5.69 Å². The molecule has 1 aliphatic rings. The van der Waals surface area contributed by atoms with Crippen molar-refractivity contribution in [3.8, 4) is 0 Å². The molecule has 0 saturated carbocycles. The minimum absolute atomic E-state index is 0.220. The van der Waals surface area contributed by atoms with Crippen molar-refractivity contribution in [1.29, 1.82) is 0 Å². The number of carbonyl (C=O) groups is 1. The van der Waals surface area contributed by atoms with Crippen LogP contribution in [-0.4, -0.2) is 27.3 Å². The molecule has 1 fully saturated rings. The van der Waals surface area contributed by atoms with Crippen LogP contribution in [0.1, 0.15) is 17.8 Å². The van der Waals surface area contributed by atoms with Gasteiger partial charge in [0, 0.05) is 42.9 Å². The first kappa shape index (κ1) is 14.3. The Morgan fingerprint density at radius 3 is 2.67 bits per heavy atom. The molecule has 0 bridgehead atoms. The lowest BCUT2D eigenvalue weighted by atomic mass is 10.1. The van der Waals surface area contributed by atoms with Gasteiger partial charge in [0.1, 0.15) is 5.82 Å². The molecule has 1 aromatic carbocycles. The third kappa shape index (κ3) is 3.02. The molecule has 3 rings (SSSR count). The number of alkyl halides is 1. The van der Waals surface area contributed by atoms with Crippen LogP contribution in [0.15, 0.2) is 36.7 Å². The van der Waals surface area contributed by atoms with Crippen LogP contribution in [0.5, 0.6) is 0 Å². The number of amides is 1. The van der Waals surface area contributed by atoms with Gasteiger partial charge in [-0.25, -0.2) is 4.98 Å². The fourth-order valence-corrected chi connectivity index (χ4v) is 3.12. The molecule has 1 atom stereocenters. The van der Waals surface area contributed by atoms with Gasteiger partial charge in [0.25, 0.3) is 0 Å². The van der Waals surface area contributed by atoms with E-state index in [0.717, 1.165) is 29.9 Å². The van der Waals surface area contributed by atoms with Crippen molar-refractivity contribution >= 4 is 27.5 Å². The monoisotopic (exact) mass is 347 g/mol. The van der Waals surface area contributed by atoms with Gasteiger partial charge in [-0.1, -0.05) is 28.1 Å². The second kappa shape index (κ2) is 6.02. The van der Waals surface area contributed by atoms with E-state index in [1.807, 2.05) is 36.4 Å². The first-order chi connectivity index (χ1) is 10.2. The predicted molar refractivity (Wildman–Crippen MR) is 86.8 cm³/mol. The Balaban J connectivity index is 1.72. The van der Waals surface area contributed by atoms with E-state index in [0.29, 0.717) is 12.3 Å². The fraction of sp³-hybridized carbons (Fsp3) is 0.375. The van der Waals surface area contributed by atoms with Gasteiger partial charge >= 0.3 is 0 Å². The number of halogens is 1. The van der Waals surface area contributed by atoms with Crippen molar-refractivity contribution in [2.75, 3.05) is 16.8 Å². The zero-order chi connectivity index (χ0) is 14.8. The van der Waals surface area contributed by atoms with Gasteiger partial charge in [0.15, 0.2) is 0 Å². The van der Waals surface area contributed by atoms with Crippen molar-refractivity contribution < 1.29 is 4.79 Å². The molecule has 5 heteroatoms. The molecule has 4 nitrogen and oxygen atoms in total. The van der Waals surface area contributed by atoms with Gasteiger partial charge < -0.3 is 9.47 Å². The van der Waals surface area contributed by atoms with Crippen LogP contribution in [-0.2, 0) is 11.3 Å². The number of hydrogen-bond donors (Lipinski definition) is 0. The number of aryl methyl sites for hydroxylation is 1. The summed E-state index contributed by atoms with van der Waals surface area (Å²) in [5.74, 6) is 1.65. The zero-order valence-corrected chi connectivity index (χ0v) is 13.6. The van der Waals surface area contributed by atoms with E-state index in [1.165, 1.54) is 5.56 Å². The van der Waals surface area contributed by atoms with Crippen molar-refractivity contribution in [2.45, 2.75) is 19.9 Å². The van der Waals surface area contributed by atoms with E-state index in [9.17, 15) is 4.79 Å². The number of hydrogen-bond acceptors (Lipinski definition) is 2. The van der Waals surface area contributed by atoms with Gasteiger partial charge in [0.05, 0.1) is 0 Å². The van der Waals surface area contributed by atoms with Crippen LogP contribution >= 0.6 is 15.9 Å². The van der Waals surface area contributed by atoms with Crippen molar-refractivity contribution in [1.82, 2.24) is 9.55 Å². The number of nitrogens with zero attached hydrogens (tertiary/aromatic N) is 3. The summed E-state index contributed by atoms with van der Waals surface area (Å²) in [6, 6.07) is 8.25. The lowest BCUT2D eigenvalue weighted by Crippen LogP contribution is -2.24. The maximum absolute atomic E-state index is 12.0. The first-order valence-corrected chi connectivity index (χ1v) is 8.22. The molecule has 21 heavy (non-hydrogen) atoms. The first-order valence-electron chi connectivity index (χ1n) is 7.10. The van der Waals surface area contributed by atoms with Crippen LogP contribution in [0.2, 0.25) is 0 Å². The van der Waals surface area contributed by atoms with Crippen LogP contribution in [0, 0.1) is 12.8 Å². The molecule has 110 valence electrons. The second-order valence-corrected chi connectivity index (χ2v) is 6.15. The molecule has 1 saturated heterocycles. The molecule has 1 aliphatic heterocycles. The van der Waals surface area contributed by atoms with E-state index in [2.05, 4.69) is 37.6 Å². The van der Waals surface area contributed by atoms with E-state index < -0.39 is 0 Å². The number of benzene rings is 1. The molecule has 0 radical (unpaired) electrons. The summed E-state index contributed by atoms with van der Waals surface area (Å²) in [7, 11) is 0. The third-order valence-corrected chi connectivity index (χ3v) is 4.86. The largest absolute Gasteiger partial charge is 0.331 e. The second-order valence-electron chi connectivity index (χ2n) is 5.50. The Labute approximate surface area is 132 Å². The van der Waals surface area contributed by atoms with Crippen molar-refractivity contribution in [3.05, 3.63) is 48.0 Å². The Morgan fingerprint density at radius 2 is 2.10 bits per heavy atom. The lowest BCUT2D eigenvalue weighted by molar-refractivity contribution is -0.117. The highest BCUT2D eigenvalue weighted by Crippen LogP contribution is 2.26. The SMILES string of the molecule is Cc1nccn1Cc1ccc(N2CC(CBr)CC2=O)cc1. The molecule has 1 unspecified atom stereocenters. The smallest absolute Gasteiger partial charge is 0.227 e. The Morgan fingerprint density at radius 1 is 1.33 bits per heavy atom. The van der Waals surface area contributed by atoms with Gasteiger partial charge in [-0.05, 0) is 30.5 Å². The van der Waals surface area contributed by atoms with Gasteiger partial charge in [-0.15, -0.1) is 0 Å². The Bertz CT molecular complexity index is 635. The van der Waals surface area contributed by atoms with Crippen LogP contribution in [0.25, 0.3) is 0 Å². The summed E-state index contributed by atoms with van der Waals surface area (Å²) in [6.45, 7) is 3.62. The van der Waals surface area contributed by atoms with Crippen molar-refractivity contribution in [2.24, 2.45) is 5.92 Å². The lowest BCUT2D eigenvalue weighted by Gasteiger charge is -2.17. The van der Waals surface area contributed by atoms with E-state index in [1.54, 1.807) is 0 Å². The van der Waals surface area contributed by atoms with E-state index in [4.69, 9.17) is 0 Å². The normalized spacial score (nSPS) is 18.5. The summed E-state index contributed by atoms with van der Waals surface area (Å²) < 4.78 is 2.11. The number of carbonyl (C=O) groups excluding carboxylic acids is 1. The van der Waals surface area contributed by atoms with Gasteiger partial charge in [-0.2, -0.15) is 0 Å². The van der Waals surface area contributed by atoms with E-state index >= 15 is 0 Å². The molecule has 2 aromatic rings. The minimum Gasteiger partial charge on any atom is -0.331 e. The summed E-state index contributed by atoms with van der Waals surface area (Å²) in [6.07, 6.45) is 4.43. The standard InChI is InChI=1S/C16H18BrN3O/c1-12-18-6-7-19(12)10-13-2-4-15(5-3-13)20-11-14(9-17)8-16(20)21/h2-7,14H,8-11H2,1H3. The van der Waals surface area contributed by atoms with Crippen molar-refractivity contribution in [3.63, 3.8) is 0 Å². The van der Waals surface area contributed by atoms with Gasteiger partial charge in [0.2, 0.25) is 5.91 Å². The van der Waals surface area contributed by atoms with Crippen LogP contribution in [0.3, 0.4) is 0 Å². The summed E-state index contributed by atoms with van der Waals surface area (Å²) in [5.41, 5.74) is 2.21. The molecular weight excluding hydrogens is 330 g/mol. The predicted octanol–water partition coefficient (Wildman–Crippen LogP) is 2.99. The van der Waals surface area contributed by atoms with Gasteiger partial charge in [-0.3, -0.25) is 4.79 Å². The third-order valence-electron chi connectivity index (χ3n) is 3.95. The average Bonchev–Trinajstić information content (AvgIpc) is 3.06. The molecule has 0 aliphatic carbocycles. The fourth-order valence-electron chi connectivity index (χ4n) is 2.68. The number of imidazole rings is 1. The van der Waals surface area contributed by atoms with Crippen LogP contribution < -0.4 is 4.90 Å². The maximum atomic E-state index is 12.0. The van der Waals surface area contributed by atoms with E-state index in [-0.39, 0.29) is 5.91 Å². The Hall–Kier alpha value is -1.62. The molecule has 0 N–H and O–H groups in total. The highest BCUT2D eigenvalue weighted by Gasteiger charge is 2.29. The number of anilines is 1. The molecule has 2 heterocycles. The average molecular weight is 348 g/mol. The molecule has 1 amide bonds. The highest BCUT2D eigenvalue weighted by molar-refractivity contribution is 9.09. The number of rotatable bonds is 4. The Kier molecular flexibility index (Phi) is 4.10.